The molecular formula is C17H28N4OS. The van der Waals surface area contributed by atoms with Gasteiger partial charge in [0.25, 0.3) is 0 Å². The van der Waals surface area contributed by atoms with Crippen molar-refractivity contribution in [2.24, 2.45) is 4.99 Å². The van der Waals surface area contributed by atoms with Crippen molar-refractivity contribution in [2.45, 2.75) is 39.0 Å². The molecule has 0 spiro atoms. The highest BCUT2D eigenvalue weighted by atomic mass is 32.1. The van der Waals surface area contributed by atoms with E-state index in [-0.39, 0.29) is 12.5 Å². The first-order valence-corrected chi connectivity index (χ1v) is 9.42. The van der Waals surface area contributed by atoms with E-state index in [9.17, 15) is 4.79 Å². The van der Waals surface area contributed by atoms with Crippen molar-refractivity contribution in [2.75, 3.05) is 32.7 Å². The number of thiophene rings is 1. The van der Waals surface area contributed by atoms with Crippen LogP contribution in [0.25, 0.3) is 0 Å². The lowest BCUT2D eigenvalue weighted by atomic mass is 10.1. The van der Waals surface area contributed by atoms with Gasteiger partial charge in [-0.25, -0.2) is 4.99 Å². The van der Waals surface area contributed by atoms with Crippen LogP contribution in [0.1, 0.15) is 43.9 Å². The van der Waals surface area contributed by atoms with Crippen LogP contribution >= 0.6 is 11.3 Å². The maximum atomic E-state index is 12.2. The average molecular weight is 337 g/mol. The van der Waals surface area contributed by atoms with Gasteiger partial charge >= 0.3 is 0 Å². The summed E-state index contributed by atoms with van der Waals surface area (Å²) in [7, 11) is 0. The Morgan fingerprint density at radius 1 is 1.35 bits per heavy atom. The van der Waals surface area contributed by atoms with Crippen LogP contribution in [0, 0.1) is 0 Å². The monoisotopic (exact) mass is 336 g/mol. The average Bonchev–Trinajstić information content (AvgIpc) is 3.12. The van der Waals surface area contributed by atoms with E-state index < -0.39 is 0 Å². The largest absolute Gasteiger partial charge is 0.357 e. The Labute approximate surface area is 143 Å². The number of amides is 1. The molecule has 1 unspecified atom stereocenters. The van der Waals surface area contributed by atoms with Crippen LogP contribution in [0.3, 0.4) is 0 Å². The molecule has 1 aliphatic heterocycles. The Balaban J connectivity index is 1.82. The van der Waals surface area contributed by atoms with Gasteiger partial charge in [0.2, 0.25) is 5.91 Å². The lowest BCUT2D eigenvalue weighted by Gasteiger charge is -2.26. The fraction of sp³-hybridized carbons (Fsp3) is 0.647. The Morgan fingerprint density at radius 2 is 2.13 bits per heavy atom. The predicted molar refractivity (Wildman–Crippen MR) is 97.1 cm³/mol. The molecular weight excluding hydrogens is 308 g/mol. The van der Waals surface area contributed by atoms with E-state index in [1.807, 2.05) is 11.8 Å². The van der Waals surface area contributed by atoms with Gasteiger partial charge in [-0.1, -0.05) is 13.0 Å². The molecule has 2 rings (SSSR count). The van der Waals surface area contributed by atoms with Gasteiger partial charge in [0.1, 0.15) is 6.54 Å². The first kappa shape index (κ1) is 17.8. The molecule has 1 fully saturated rings. The summed E-state index contributed by atoms with van der Waals surface area (Å²) in [6.07, 6.45) is 3.47. The highest BCUT2D eigenvalue weighted by Crippen LogP contribution is 2.19. The number of hydrogen-bond donors (Lipinski definition) is 2. The number of guanidine groups is 1. The molecule has 0 aliphatic carbocycles. The van der Waals surface area contributed by atoms with Crippen molar-refractivity contribution < 1.29 is 4.79 Å². The summed E-state index contributed by atoms with van der Waals surface area (Å²) in [5.41, 5.74) is 0. The molecule has 6 heteroatoms. The molecule has 1 atom stereocenters. The molecule has 1 aromatic rings. The van der Waals surface area contributed by atoms with Crippen LogP contribution in [0.2, 0.25) is 0 Å². The van der Waals surface area contributed by atoms with Crippen LogP contribution in [0.4, 0.5) is 0 Å². The first-order chi connectivity index (χ1) is 11.2. The van der Waals surface area contributed by atoms with E-state index in [1.165, 1.54) is 11.3 Å². The molecule has 1 saturated heterocycles. The fourth-order valence-electron chi connectivity index (χ4n) is 2.65. The van der Waals surface area contributed by atoms with Crippen LogP contribution in [-0.2, 0) is 4.79 Å². The number of carbonyl (C=O) groups excluding carboxylic acids is 1. The van der Waals surface area contributed by atoms with Gasteiger partial charge in [-0.2, -0.15) is 0 Å². The molecule has 1 aromatic heterocycles. The second-order valence-corrected chi connectivity index (χ2v) is 6.91. The van der Waals surface area contributed by atoms with Gasteiger partial charge < -0.3 is 15.5 Å². The number of likely N-dealkylation sites (tertiary alicyclic amines) is 1. The molecule has 1 amide bonds. The van der Waals surface area contributed by atoms with Crippen LogP contribution < -0.4 is 10.6 Å². The van der Waals surface area contributed by atoms with Crippen molar-refractivity contribution in [1.29, 1.82) is 0 Å². The summed E-state index contributed by atoms with van der Waals surface area (Å²) in [4.78, 5) is 19.9. The zero-order valence-corrected chi connectivity index (χ0v) is 15.0. The number of nitrogens with zero attached hydrogens (tertiary/aromatic N) is 2. The summed E-state index contributed by atoms with van der Waals surface area (Å²) >= 11 is 1.77. The maximum Gasteiger partial charge on any atom is 0.244 e. The van der Waals surface area contributed by atoms with Crippen molar-refractivity contribution >= 4 is 23.2 Å². The molecule has 2 N–H and O–H groups in total. The smallest absolute Gasteiger partial charge is 0.244 e. The summed E-state index contributed by atoms with van der Waals surface area (Å²) in [6.45, 7) is 7.82. The van der Waals surface area contributed by atoms with Crippen LogP contribution in [-0.4, -0.2) is 49.5 Å². The zero-order valence-electron chi connectivity index (χ0n) is 14.2. The lowest BCUT2D eigenvalue weighted by Crippen LogP contribution is -2.41. The summed E-state index contributed by atoms with van der Waals surface area (Å²) < 4.78 is 0. The molecule has 128 valence electrons. The van der Waals surface area contributed by atoms with Gasteiger partial charge in [-0.15, -0.1) is 11.3 Å². The van der Waals surface area contributed by atoms with E-state index in [4.69, 9.17) is 0 Å². The van der Waals surface area contributed by atoms with Gasteiger partial charge in [0.15, 0.2) is 5.96 Å². The first-order valence-electron chi connectivity index (χ1n) is 8.54. The molecule has 23 heavy (non-hydrogen) atoms. The number of carbonyl (C=O) groups is 1. The number of hydrogen-bond acceptors (Lipinski definition) is 3. The third-order valence-corrected chi connectivity index (χ3v) is 5.13. The highest BCUT2D eigenvalue weighted by Gasteiger charge is 2.16. The number of aliphatic imine (C=N–C) groups is 1. The maximum absolute atomic E-state index is 12.2. The second kappa shape index (κ2) is 9.55. The summed E-state index contributed by atoms with van der Waals surface area (Å²) in [5, 5.41) is 8.65. The number of piperidine rings is 1. The Hall–Kier alpha value is -1.56. The minimum Gasteiger partial charge on any atom is -0.357 e. The van der Waals surface area contributed by atoms with Crippen molar-refractivity contribution in [3.63, 3.8) is 0 Å². The van der Waals surface area contributed by atoms with E-state index in [0.717, 1.165) is 45.0 Å². The third kappa shape index (κ3) is 5.86. The van der Waals surface area contributed by atoms with Crippen molar-refractivity contribution in [1.82, 2.24) is 15.5 Å². The number of nitrogens with one attached hydrogen (secondary N) is 2. The molecule has 0 radical (unpaired) electrons. The minimum atomic E-state index is 0.133. The van der Waals surface area contributed by atoms with Crippen LogP contribution in [0.5, 0.6) is 0 Å². The lowest BCUT2D eigenvalue weighted by molar-refractivity contribution is -0.130. The summed E-state index contributed by atoms with van der Waals surface area (Å²) in [6, 6.07) is 4.23. The molecule has 5 nitrogen and oxygen atoms in total. The SMILES string of the molecule is CCNC(=NCC(=O)N1CCCCC1)NCC(C)c1cccs1. The molecule has 0 aromatic carbocycles. The molecule has 0 saturated carbocycles. The van der Waals surface area contributed by atoms with Crippen LogP contribution in [0.15, 0.2) is 22.5 Å². The van der Waals surface area contributed by atoms with Gasteiger partial charge in [0, 0.05) is 37.0 Å². The fourth-order valence-corrected chi connectivity index (χ4v) is 3.44. The van der Waals surface area contributed by atoms with Gasteiger partial charge in [0.05, 0.1) is 0 Å². The van der Waals surface area contributed by atoms with E-state index >= 15 is 0 Å². The topological polar surface area (TPSA) is 56.7 Å². The molecule has 2 heterocycles. The highest BCUT2D eigenvalue weighted by molar-refractivity contribution is 7.10. The number of rotatable bonds is 6. The Kier molecular flexibility index (Phi) is 7.39. The van der Waals surface area contributed by atoms with E-state index in [0.29, 0.717) is 5.92 Å². The summed E-state index contributed by atoms with van der Waals surface area (Å²) in [5.74, 6) is 1.28. The van der Waals surface area contributed by atoms with Crippen molar-refractivity contribution in [3.8, 4) is 0 Å². The predicted octanol–water partition coefficient (Wildman–Crippen LogP) is 2.42. The van der Waals surface area contributed by atoms with Gasteiger partial charge in [-0.05, 0) is 37.6 Å². The normalized spacial score (nSPS) is 17.0. The van der Waals surface area contributed by atoms with Gasteiger partial charge in [-0.3, -0.25) is 4.79 Å². The molecule has 0 bridgehead atoms. The zero-order chi connectivity index (χ0) is 16.5. The Morgan fingerprint density at radius 3 is 2.78 bits per heavy atom. The minimum absolute atomic E-state index is 0.133. The third-order valence-electron chi connectivity index (χ3n) is 4.03. The van der Waals surface area contributed by atoms with E-state index in [1.54, 1.807) is 11.3 Å². The Bertz CT molecular complexity index is 495. The van der Waals surface area contributed by atoms with E-state index in [2.05, 4.69) is 40.1 Å². The standard InChI is InChI=1S/C17H28N4OS/c1-3-18-17(19-12-14(2)15-8-7-11-23-15)20-13-16(22)21-9-5-4-6-10-21/h7-8,11,14H,3-6,9-10,12-13H2,1-2H3,(H2,18,19,20). The quantitative estimate of drug-likeness (QED) is 0.620. The second-order valence-electron chi connectivity index (χ2n) is 5.93. The molecule has 1 aliphatic rings. The van der Waals surface area contributed by atoms with Crippen molar-refractivity contribution in [3.05, 3.63) is 22.4 Å².